The fraction of sp³-hybridized carbons (Fsp3) is 0.900. The first kappa shape index (κ1) is 9.72. The van der Waals surface area contributed by atoms with Gasteiger partial charge >= 0.3 is 0 Å². The summed E-state index contributed by atoms with van der Waals surface area (Å²) in [5.74, 6) is 0.676. The summed E-state index contributed by atoms with van der Waals surface area (Å²) in [6.45, 7) is 3.70. The molecule has 12 heavy (non-hydrogen) atoms. The van der Waals surface area contributed by atoms with Crippen molar-refractivity contribution in [1.29, 1.82) is 0 Å². The molecule has 2 unspecified atom stereocenters. The maximum absolute atomic E-state index is 10.9. The number of ketones is 1. The van der Waals surface area contributed by atoms with Gasteiger partial charge in [-0.25, -0.2) is 0 Å². The molecule has 2 atom stereocenters. The van der Waals surface area contributed by atoms with Gasteiger partial charge in [0.05, 0.1) is 5.60 Å². The number of aliphatic hydroxyl groups is 1. The van der Waals surface area contributed by atoms with Crippen LogP contribution in [0.2, 0.25) is 0 Å². The van der Waals surface area contributed by atoms with Gasteiger partial charge in [-0.05, 0) is 25.7 Å². The van der Waals surface area contributed by atoms with Gasteiger partial charge in [0.2, 0.25) is 0 Å². The molecule has 70 valence electrons. The highest BCUT2D eigenvalue weighted by Gasteiger charge is 2.33. The highest BCUT2D eigenvalue weighted by atomic mass is 16.3. The van der Waals surface area contributed by atoms with E-state index in [0.717, 1.165) is 19.3 Å². The average molecular weight is 170 g/mol. The Balaban J connectivity index is 2.51. The van der Waals surface area contributed by atoms with Gasteiger partial charge in [0.15, 0.2) is 0 Å². The lowest BCUT2D eigenvalue weighted by Gasteiger charge is -2.34. The summed E-state index contributed by atoms with van der Waals surface area (Å²) in [6.07, 6.45) is 4.20. The van der Waals surface area contributed by atoms with Gasteiger partial charge in [-0.3, -0.25) is 4.79 Å². The van der Waals surface area contributed by atoms with Crippen molar-refractivity contribution >= 4 is 5.78 Å². The molecule has 1 fully saturated rings. The summed E-state index contributed by atoms with van der Waals surface area (Å²) in [5.41, 5.74) is -0.677. The monoisotopic (exact) mass is 170 g/mol. The fourth-order valence-electron chi connectivity index (χ4n) is 2.26. The van der Waals surface area contributed by atoms with Crippen LogP contribution in [0, 0.1) is 5.92 Å². The number of hydrogen-bond donors (Lipinski definition) is 1. The second-order valence-corrected chi connectivity index (χ2v) is 4.30. The zero-order valence-corrected chi connectivity index (χ0v) is 7.97. The van der Waals surface area contributed by atoms with Crippen molar-refractivity contribution in [1.82, 2.24) is 0 Å². The predicted octanol–water partition coefficient (Wildman–Crippen LogP) is 1.91. The first-order chi connectivity index (χ1) is 5.52. The minimum atomic E-state index is -0.677. The van der Waals surface area contributed by atoms with E-state index in [1.807, 2.05) is 0 Å². The highest BCUT2D eigenvalue weighted by molar-refractivity contribution is 5.76. The maximum Gasteiger partial charge on any atom is 0.132 e. The van der Waals surface area contributed by atoms with E-state index in [9.17, 15) is 9.90 Å². The van der Waals surface area contributed by atoms with Crippen LogP contribution in [-0.2, 0) is 4.79 Å². The molecule has 2 nitrogen and oxygen atoms in total. The Labute approximate surface area is 74.0 Å². The van der Waals surface area contributed by atoms with Gasteiger partial charge in [-0.15, -0.1) is 0 Å². The second-order valence-electron chi connectivity index (χ2n) is 4.30. The molecule has 1 aliphatic rings. The second kappa shape index (κ2) is 3.56. The van der Waals surface area contributed by atoms with E-state index in [1.54, 1.807) is 6.92 Å². The number of rotatable bonds is 2. The van der Waals surface area contributed by atoms with Crippen molar-refractivity contribution in [3.05, 3.63) is 0 Å². The van der Waals surface area contributed by atoms with Crippen LogP contribution in [0.5, 0.6) is 0 Å². The lowest BCUT2D eigenvalue weighted by atomic mass is 9.76. The molecular weight excluding hydrogens is 152 g/mol. The van der Waals surface area contributed by atoms with Crippen LogP contribution in [-0.4, -0.2) is 16.5 Å². The molecule has 1 saturated carbocycles. The summed E-state index contributed by atoms with van der Waals surface area (Å²) in [6, 6.07) is 0. The van der Waals surface area contributed by atoms with Crippen molar-refractivity contribution in [2.75, 3.05) is 0 Å². The largest absolute Gasteiger partial charge is 0.389 e. The Morgan fingerprint density at radius 3 is 2.83 bits per heavy atom. The van der Waals surface area contributed by atoms with E-state index in [0.29, 0.717) is 12.3 Å². The topological polar surface area (TPSA) is 37.3 Å². The summed E-state index contributed by atoms with van der Waals surface area (Å²) in [7, 11) is 0. The molecule has 0 aromatic heterocycles. The molecule has 1 N–H and O–H groups in total. The summed E-state index contributed by atoms with van der Waals surface area (Å²) < 4.78 is 0. The molecule has 0 bridgehead atoms. The molecule has 0 radical (unpaired) electrons. The van der Waals surface area contributed by atoms with E-state index in [1.165, 1.54) is 6.42 Å². The van der Waals surface area contributed by atoms with E-state index in [4.69, 9.17) is 0 Å². The summed E-state index contributed by atoms with van der Waals surface area (Å²) >= 11 is 0. The quantitative estimate of drug-likeness (QED) is 0.687. The Bertz CT molecular complexity index is 177. The van der Waals surface area contributed by atoms with Gasteiger partial charge in [0, 0.05) is 6.42 Å². The van der Waals surface area contributed by atoms with Crippen LogP contribution < -0.4 is 0 Å². The van der Waals surface area contributed by atoms with Crippen LogP contribution in [0.1, 0.15) is 46.0 Å². The summed E-state index contributed by atoms with van der Waals surface area (Å²) in [5, 5.41) is 9.99. The third kappa shape index (κ3) is 2.59. The molecule has 0 amide bonds. The van der Waals surface area contributed by atoms with E-state index < -0.39 is 5.60 Å². The number of Topliss-reactive ketones (excluding diaryl/α,β-unsaturated/α-hetero) is 1. The molecule has 1 rings (SSSR count). The lowest BCUT2D eigenvalue weighted by Crippen LogP contribution is -2.36. The Morgan fingerprint density at radius 1 is 1.67 bits per heavy atom. The fourth-order valence-corrected chi connectivity index (χ4v) is 2.26. The molecule has 0 saturated heterocycles. The Morgan fingerprint density at radius 2 is 2.33 bits per heavy atom. The van der Waals surface area contributed by atoms with Crippen molar-refractivity contribution in [3.8, 4) is 0 Å². The standard InChI is InChI=1S/C10H18O2/c1-8-4-3-5-10(12,6-8)7-9(2)11/h8,12H,3-7H2,1-2H3. The number of carbonyl (C=O) groups excluding carboxylic acids is 1. The normalized spacial score (nSPS) is 36.4. The molecule has 0 heterocycles. The van der Waals surface area contributed by atoms with Gasteiger partial charge in [0.25, 0.3) is 0 Å². The highest BCUT2D eigenvalue weighted by Crippen LogP contribution is 2.34. The first-order valence-corrected chi connectivity index (χ1v) is 4.74. The molecular formula is C10H18O2. The molecule has 0 aromatic carbocycles. The Hall–Kier alpha value is -0.370. The van der Waals surface area contributed by atoms with Crippen molar-refractivity contribution in [2.45, 2.75) is 51.6 Å². The molecule has 0 spiro atoms. The lowest BCUT2D eigenvalue weighted by molar-refractivity contribution is -0.123. The smallest absolute Gasteiger partial charge is 0.132 e. The third-order valence-corrected chi connectivity index (χ3v) is 2.65. The Kier molecular flexibility index (Phi) is 2.89. The third-order valence-electron chi connectivity index (χ3n) is 2.65. The first-order valence-electron chi connectivity index (χ1n) is 4.74. The molecule has 2 heteroatoms. The SMILES string of the molecule is CC(=O)CC1(O)CCCC(C)C1. The van der Waals surface area contributed by atoms with Crippen LogP contribution in [0.4, 0.5) is 0 Å². The van der Waals surface area contributed by atoms with Gasteiger partial charge < -0.3 is 5.11 Å². The molecule has 0 aromatic rings. The van der Waals surface area contributed by atoms with Crippen LogP contribution in [0.3, 0.4) is 0 Å². The zero-order valence-electron chi connectivity index (χ0n) is 7.97. The van der Waals surface area contributed by atoms with Gasteiger partial charge in [-0.1, -0.05) is 19.8 Å². The van der Waals surface area contributed by atoms with Crippen molar-refractivity contribution in [2.24, 2.45) is 5.92 Å². The van der Waals surface area contributed by atoms with E-state index in [-0.39, 0.29) is 5.78 Å². The average Bonchev–Trinajstić information content (AvgIpc) is 1.82. The minimum absolute atomic E-state index is 0.103. The summed E-state index contributed by atoms with van der Waals surface area (Å²) in [4.78, 5) is 10.9. The number of carbonyl (C=O) groups is 1. The van der Waals surface area contributed by atoms with Crippen molar-refractivity contribution in [3.63, 3.8) is 0 Å². The van der Waals surface area contributed by atoms with Gasteiger partial charge in [0.1, 0.15) is 5.78 Å². The van der Waals surface area contributed by atoms with E-state index in [2.05, 4.69) is 6.92 Å². The van der Waals surface area contributed by atoms with Crippen LogP contribution in [0.25, 0.3) is 0 Å². The minimum Gasteiger partial charge on any atom is -0.389 e. The zero-order chi connectivity index (χ0) is 9.19. The van der Waals surface area contributed by atoms with Gasteiger partial charge in [-0.2, -0.15) is 0 Å². The van der Waals surface area contributed by atoms with Crippen LogP contribution in [0.15, 0.2) is 0 Å². The number of hydrogen-bond acceptors (Lipinski definition) is 2. The molecule has 1 aliphatic carbocycles. The predicted molar refractivity (Wildman–Crippen MR) is 47.9 cm³/mol. The molecule has 0 aliphatic heterocycles. The van der Waals surface area contributed by atoms with E-state index >= 15 is 0 Å². The van der Waals surface area contributed by atoms with Crippen LogP contribution >= 0.6 is 0 Å². The maximum atomic E-state index is 10.9. The van der Waals surface area contributed by atoms with Crippen molar-refractivity contribution < 1.29 is 9.90 Å².